The molecule has 8 nitrogen and oxygen atoms in total. The Labute approximate surface area is 161 Å². The van der Waals surface area contributed by atoms with Gasteiger partial charge in [-0.15, -0.1) is 0 Å². The van der Waals surface area contributed by atoms with Gasteiger partial charge in [-0.25, -0.2) is 14.5 Å². The van der Waals surface area contributed by atoms with E-state index in [0.717, 1.165) is 10.5 Å². The van der Waals surface area contributed by atoms with Crippen LogP contribution >= 0.6 is 0 Å². The smallest absolute Gasteiger partial charge is 0.417 e. The van der Waals surface area contributed by atoms with Gasteiger partial charge >= 0.3 is 12.1 Å². The zero-order valence-electron chi connectivity index (χ0n) is 15.1. The Kier molecular flexibility index (Phi) is 5.69. The van der Waals surface area contributed by atoms with Crippen molar-refractivity contribution in [3.63, 3.8) is 0 Å². The second kappa shape index (κ2) is 8.34. The number of imide groups is 1. The van der Waals surface area contributed by atoms with Gasteiger partial charge in [-0.3, -0.25) is 9.59 Å². The van der Waals surface area contributed by atoms with Gasteiger partial charge in [0.1, 0.15) is 0 Å². The number of esters is 1. The summed E-state index contributed by atoms with van der Waals surface area (Å²) in [5, 5.41) is 2.82. The molecule has 8 heteroatoms. The second-order valence-electron chi connectivity index (χ2n) is 6.06. The van der Waals surface area contributed by atoms with Crippen LogP contribution in [0.3, 0.4) is 0 Å². The first-order chi connectivity index (χ1) is 13.5. The third kappa shape index (κ3) is 4.17. The van der Waals surface area contributed by atoms with E-state index in [1.54, 1.807) is 24.3 Å². The number of cyclic esters (lactones) is 1. The molecule has 0 spiro atoms. The topological polar surface area (TPSA) is 102 Å². The van der Waals surface area contributed by atoms with E-state index in [1.807, 2.05) is 6.07 Å². The zero-order valence-corrected chi connectivity index (χ0v) is 15.1. The van der Waals surface area contributed by atoms with E-state index in [4.69, 9.17) is 4.74 Å². The summed E-state index contributed by atoms with van der Waals surface area (Å²) in [7, 11) is 1.28. The molecule has 0 aromatic heterocycles. The fraction of sp³-hybridized carbons (Fsp3) is 0.200. The van der Waals surface area contributed by atoms with Crippen LogP contribution in [-0.2, 0) is 14.3 Å². The molecule has 0 radical (unpaired) electrons. The summed E-state index contributed by atoms with van der Waals surface area (Å²) < 4.78 is 9.36. The van der Waals surface area contributed by atoms with Crippen molar-refractivity contribution in [2.24, 2.45) is 0 Å². The largest absolute Gasteiger partial charge is 0.465 e. The maximum atomic E-state index is 12.7. The zero-order chi connectivity index (χ0) is 20.1. The average Bonchev–Trinajstić information content (AvgIpc) is 3.05. The molecule has 1 fully saturated rings. The van der Waals surface area contributed by atoms with Gasteiger partial charge in [0.15, 0.2) is 6.61 Å². The molecule has 1 saturated heterocycles. The van der Waals surface area contributed by atoms with Crippen molar-refractivity contribution in [3.8, 4) is 0 Å². The Morgan fingerprint density at radius 2 is 1.71 bits per heavy atom. The van der Waals surface area contributed by atoms with E-state index in [0.29, 0.717) is 11.1 Å². The van der Waals surface area contributed by atoms with E-state index in [2.05, 4.69) is 10.1 Å². The lowest BCUT2D eigenvalue weighted by Gasteiger charge is -2.23. The summed E-state index contributed by atoms with van der Waals surface area (Å²) in [5.74, 6) is -1.37. The van der Waals surface area contributed by atoms with Crippen LogP contribution in [0.25, 0.3) is 0 Å². The molecule has 1 aliphatic rings. The summed E-state index contributed by atoms with van der Waals surface area (Å²) in [5.41, 5.74) is 1.38. The van der Waals surface area contributed by atoms with Crippen LogP contribution in [0.15, 0.2) is 54.6 Å². The monoisotopic (exact) mass is 382 g/mol. The lowest BCUT2D eigenvalue weighted by Crippen LogP contribution is -2.40. The number of amides is 3. The number of hydrogen-bond donors (Lipinski definition) is 1. The van der Waals surface area contributed by atoms with Gasteiger partial charge in [0.2, 0.25) is 0 Å². The molecular weight excluding hydrogens is 364 g/mol. The quantitative estimate of drug-likeness (QED) is 0.766. The minimum Gasteiger partial charge on any atom is -0.465 e. The predicted molar refractivity (Wildman–Crippen MR) is 97.5 cm³/mol. The Bertz CT molecular complexity index is 879. The summed E-state index contributed by atoms with van der Waals surface area (Å²) >= 11 is 0. The number of methoxy groups -OCH3 is 1. The molecule has 1 unspecified atom stereocenters. The van der Waals surface area contributed by atoms with Gasteiger partial charge in [-0.1, -0.05) is 30.3 Å². The van der Waals surface area contributed by atoms with Crippen LogP contribution in [0.2, 0.25) is 0 Å². The third-order valence-corrected chi connectivity index (χ3v) is 4.28. The number of hydrogen-bond acceptors (Lipinski definition) is 6. The van der Waals surface area contributed by atoms with E-state index in [9.17, 15) is 19.2 Å². The molecule has 144 valence electrons. The molecule has 3 rings (SSSR count). The fourth-order valence-electron chi connectivity index (χ4n) is 2.78. The van der Waals surface area contributed by atoms with Crippen molar-refractivity contribution in [2.75, 3.05) is 20.3 Å². The Balaban J connectivity index is 1.79. The number of carbonyl (C=O) groups excluding carboxylic acids is 4. The SMILES string of the molecule is COC(=O)c1ccc(C(=O)NC(CN2C(=O)COC2=O)c2ccccc2)cc1. The number of carbonyl (C=O) groups is 4. The van der Waals surface area contributed by atoms with E-state index < -0.39 is 29.9 Å². The predicted octanol–water partition coefficient (Wildman–Crippen LogP) is 1.92. The average molecular weight is 382 g/mol. The molecule has 2 aromatic rings. The number of benzene rings is 2. The first kappa shape index (κ1) is 19.1. The van der Waals surface area contributed by atoms with Crippen molar-refractivity contribution in [1.82, 2.24) is 10.2 Å². The summed E-state index contributed by atoms with van der Waals surface area (Å²) in [4.78, 5) is 48.8. The molecular formula is C20H18N2O6. The number of nitrogens with one attached hydrogen (secondary N) is 1. The molecule has 2 aromatic carbocycles. The van der Waals surface area contributed by atoms with Crippen molar-refractivity contribution >= 4 is 23.9 Å². The van der Waals surface area contributed by atoms with Crippen molar-refractivity contribution in [3.05, 3.63) is 71.3 Å². The van der Waals surface area contributed by atoms with E-state index in [-0.39, 0.29) is 13.2 Å². The molecule has 1 heterocycles. The van der Waals surface area contributed by atoms with Gasteiger partial charge in [0.25, 0.3) is 11.8 Å². The Morgan fingerprint density at radius 1 is 1.07 bits per heavy atom. The molecule has 1 atom stereocenters. The molecule has 3 amide bonds. The standard InChI is InChI=1S/C20H18N2O6/c1-27-19(25)15-9-7-14(8-10-15)18(24)21-16(13-5-3-2-4-6-13)11-22-17(23)12-28-20(22)26/h2-10,16H,11-12H2,1H3,(H,21,24). The summed E-state index contributed by atoms with van der Waals surface area (Å²) in [6.45, 7) is -0.350. The highest BCUT2D eigenvalue weighted by Gasteiger charge is 2.33. The van der Waals surface area contributed by atoms with Gasteiger partial charge < -0.3 is 14.8 Å². The highest BCUT2D eigenvalue weighted by molar-refractivity contribution is 5.98. The maximum Gasteiger partial charge on any atom is 0.417 e. The molecule has 0 saturated carbocycles. The lowest BCUT2D eigenvalue weighted by atomic mass is 10.1. The van der Waals surface area contributed by atoms with Gasteiger partial charge in [-0.2, -0.15) is 0 Å². The van der Waals surface area contributed by atoms with Crippen LogP contribution in [0.4, 0.5) is 4.79 Å². The lowest BCUT2D eigenvalue weighted by molar-refractivity contribution is -0.126. The van der Waals surface area contributed by atoms with E-state index in [1.165, 1.54) is 31.4 Å². The fourth-order valence-corrected chi connectivity index (χ4v) is 2.78. The first-order valence-corrected chi connectivity index (χ1v) is 8.51. The van der Waals surface area contributed by atoms with Crippen LogP contribution in [0, 0.1) is 0 Å². The number of ether oxygens (including phenoxy) is 2. The third-order valence-electron chi connectivity index (χ3n) is 4.28. The molecule has 1 N–H and O–H groups in total. The second-order valence-corrected chi connectivity index (χ2v) is 6.06. The normalized spacial score (nSPS) is 14.4. The van der Waals surface area contributed by atoms with Gasteiger partial charge in [-0.05, 0) is 29.8 Å². The van der Waals surface area contributed by atoms with Crippen LogP contribution in [0.1, 0.15) is 32.3 Å². The highest BCUT2D eigenvalue weighted by atomic mass is 16.6. The highest BCUT2D eigenvalue weighted by Crippen LogP contribution is 2.18. The van der Waals surface area contributed by atoms with Gasteiger partial charge in [0.05, 0.1) is 25.3 Å². The summed E-state index contributed by atoms with van der Waals surface area (Å²) in [6.07, 6.45) is -0.734. The molecule has 0 bridgehead atoms. The number of nitrogens with zero attached hydrogens (tertiary/aromatic N) is 1. The first-order valence-electron chi connectivity index (χ1n) is 8.51. The van der Waals surface area contributed by atoms with Crippen LogP contribution in [-0.4, -0.2) is 49.0 Å². The van der Waals surface area contributed by atoms with Crippen molar-refractivity contribution in [2.45, 2.75) is 6.04 Å². The molecule has 28 heavy (non-hydrogen) atoms. The minimum atomic E-state index is -0.734. The van der Waals surface area contributed by atoms with Crippen molar-refractivity contribution in [1.29, 1.82) is 0 Å². The maximum absolute atomic E-state index is 12.7. The van der Waals surface area contributed by atoms with Crippen LogP contribution < -0.4 is 5.32 Å². The Hall–Kier alpha value is -3.68. The van der Waals surface area contributed by atoms with Gasteiger partial charge in [0, 0.05) is 5.56 Å². The molecule has 0 aliphatic carbocycles. The van der Waals surface area contributed by atoms with Crippen LogP contribution in [0.5, 0.6) is 0 Å². The van der Waals surface area contributed by atoms with Crippen molar-refractivity contribution < 1.29 is 28.7 Å². The molecule has 1 aliphatic heterocycles. The minimum absolute atomic E-state index is 0.0480. The Morgan fingerprint density at radius 3 is 2.29 bits per heavy atom. The van der Waals surface area contributed by atoms with E-state index >= 15 is 0 Å². The summed E-state index contributed by atoms with van der Waals surface area (Å²) in [6, 6.07) is 14.3. The number of rotatable bonds is 6.